The Hall–Kier alpha value is -0.569. The molecule has 0 unspecified atom stereocenters. The molecular formula is C25H60BrNO6Si3. The molecule has 0 aliphatic heterocycles. The zero-order valence-electron chi connectivity index (χ0n) is 21.7. The molecule has 0 aromatic heterocycles. The van der Waals surface area contributed by atoms with Crippen molar-refractivity contribution in [1.82, 2.24) is 0 Å². The van der Waals surface area contributed by atoms with Crippen molar-refractivity contribution in [3.05, 3.63) is 24.3 Å². The standard InChI is InChI=1S/C21H44NO6Si3.4CH4.BrH/c1-18(2)20(23)25-16-29(8,9)27-31(12,15-13-14-22(5,6)7)28-30(10,11)17-26-21(24)19(3)4;;;;;/h1,3,13-17H2,2,4-12H3;4*1H4;1H/q+1;;;;;/p-1. The summed E-state index contributed by atoms with van der Waals surface area (Å²) < 4.78 is 25.0. The molecule has 11 heteroatoms. The number of carbonyl (C=O) groups is 2. The van der Waals surface area contributed by atoms with E-state index in [1.54, 1.807) is 13.8 Å². The summed E-state index contributed by atoms with van der Waals surface area (Å²) in [5.41, 5.74) is 0.744. The fraction of sp³-hybridized carbons (Fsp3) is 0.760. The molecule has 0 spiro atoms. The van der Waals surface area contributed by atoms with Crippen LogP contribution in [0.25, 0.3) is 0 Å². The summed E-state index contributed by atoms with van der Waals surface area (Å²) in [6.07, 6.45) is 1.44. The van der Waals surface area contributed by atoms with Crippen LogP contribution in [0, 0.1) is 0 Å². The zero-order chi connectivity index (χ0) is 24.7. The van der Waals surface area contributed by atoms with Gasteiger partial charge in [0.05, 0.1) is 27.7 Å². The largest absolute Gasteiger partial charge is 1.00 e. The van der Waals surface area contributed by atoms with E-state index in [-0.39, 0.29) is 59.1 Å². The first-order valence-electron chi connectivity index (χ1n) is 10.6. The van der Waals surface area contributed by atoms with Crippen molar-refractivity contribution in [1.29, 1.82) is 0 Å². The number of quaternary nitrogens is 1. The maximum Gasteiger partial charge on any atom is 0.332 e. The Morgan fingerprint density at radius 3 is 1.28 bits per heavy atom. The first-order chi connectivity index (χ1) is 13.8. The van der Waals surface area contributed by atoms with Gasteiger partial charge >= 0.3 is 20.5 Å². The third-order valence-corrected chi connectivity index (χ3v) is 15.1. The summed E-state index contributed by atoms with van der Waals surface area (Å²) in [6, 6.07) is 0.818. The molecule has 0 aromatic carbocycles. The van der Waals surface area contributed by atoms with Crippen molar-refractivity contribution in [3.63, 3.8) is 0 Å². The van der Waals surface area contributed by atoms with Gasteiger partial charge in [-0.25, -0.2) is 9.59 Å². The highest BCUT2D eigenvalue weighted by Crippen LogP contribution is 2.26. The Balaban J connectivity index is -0.000000450. The van der Waals surface area contributed by atoms with E-state index in [4.69, 9.17) is 17.7 Å². The summed E-state index contributed by atoms with van der Waals surface area (Å²) >= 11 is 0. The SMILES string of the molecule is C.C.C.C.C=C(C)C(=O)OC[Si](C)(C)O[Si](C)(CCC[N+](C)(C)C)O[Si](C)(C)COC(=O)C(=C)C.[Br-]. The van der Waals surface area contributed by atoms with Crippen LogP contribution in [0.3, 0.4) is 0 Å². The van der Waals surface area contributed by atoms with Crippen molar-refractivity contribution in [2.75, 3.05) is 40.1 Å². The Labute approximate surface area is 238 Å². The van der Waals surface area contributed by atoms with Crippen LogP contribution in [0.2, 0.25) is 38.8 Å². The number of nitrogens with zero attached hydrogens (tertiary/aromatic N) is 1. The number of hydrogen-bond acceptors (Lipinski definition) is 6. The van der Waals surface area contributed by atoms with Crippen molar-refractivity contribution in [2.24, 2.45) is 0 Å². The van der Waals surface area contributed by atoms with Gasteiger partial charge in [-0.05, 0) is 59.0 Å². The second-order valence-corrected chi connectivity index (χ2v) is 22.7. The lowest BCUT2D eigenvalue weighted by Crippen LogP contribution is -3.00. The van der Waals surface area contributed by atoms with Gasteiger partial charge in [0.1, 0.15) is 12.5 Å². The van der Waals surface area contributed by atoms with E-state index in [0.717, 1.165) is 23.5 Å². The molecule has 0 radical (unpaired) electrons. The first-order valence-corrected chi connectivity index (χ1v) is 19.4. The minimum absolute atomic E-state index is 0. The smallest absolute Gasteiger partial charge is 0.332 e. The van der Waals surface area contributed by atoms with E-state index < -0.39 is 37.1 Å². The molecule has 7 nitrogen and oxygen atoms in total. The van der Waals surface area contributed by atoms with Crippen molar-refractivity contribution in [3.8, 4) is 0 Å². The highest BCUT2D eigenvalue weighted by Gasteiger charge is 2.44. The lowest BCUT2D eigenvalue weighted by molar-refractivity contribution is -0.870. The van der Waals surface area contributed by atoms with Gasteiger partial charge in [0.2, 0.25) is 16.6 Å². The second-order valence-electron chi connectivity index (χ2n) is 10.7. The second kappa shape index (κ2) is 19.5. The molecule has 0 saturated carbocycles. The molecular weight excluding hydrogens is 574 g/mol. The molecule has 0 fully saturated rings. The maximum atomic E-state index is 11.8. The minimum atomic E-state index is -2.63. The molecule has 0 saturated heterocycles. The Morgan fingerprint density at radius 1 is 0.722 bits per heavy atom. The van der Waals surface area contributed by atoms with Gasteiger partial charge in [-0.1, -0.05) is 42.9 Å². The first kappa shape index (κ1) is 48.5. The maximum absolute atomic E-state index is 11.8. The summed E-state index contributed by atoms with van der Waals surface area (Å²) in [6.45, 7) is 21.7. The highest BCUT2D eigenvalue weighted by molar-refractivity contribution is 6.88. The number of rotatable bonds is 14. The molecule has 0 rings (SSSR count). The number of ether oxygens (including phenoxy) is 2. The number of halogens is 1. The molecule has 0 aliphatic carbocycles. The summed E-state index contributed by atoms with van der Waals surface area (Å²) in [7, 11) is -0.872. The fourth-order valence-corrected chi connectivity index (χ4v) is 15.9. The van der Waals surface area contributed by atoms with Gasteiger partial charge in [0.15, 0.2) is 0 Å². The van der Waals surface area contributed by atoms with E-state index in [1.807, 2.05) is 26.2 Å². The predicted molar refractivity (Wildman–Crippen MR) is 160 cm³/mol. The van der Waals surface area contributed by atoms with Gasteiger partial charge < -0.3 is 39.2 Å². The van der Waals surface area contributed by atoms with Gasteiger partial charge in [-0.15, -0.1) is 0 Å². The van der Waals surface area contributed by atoms with Crippen LogP contribution < -0.4 is 17.0 Å². The minimum Gasteiger partial charge on any atom is -1.00 e. The molecule has 0 aliphatic rings. The van der Waals surface area contributed by atoms with Crippen LogP contribution in [-0.4, -0.2) is 81.8 Å². The van der Waals surface area contributed by atoms with Crippen LogP contribution in [0.5, 0.6) is 0 Å². The van der Waals surface area contributed by atoms with E-state index in [9.17, 15) is 9.59 Å². The molecule has 0 atom stereocenters. The normalized spacial score (nSPS) is 11.2. The van der Waals surface area contributed by atoms with Crippen LogP contribution in [-0.2, 0) is 27.3 Å². The molecule has 0 heterocycles. The van der Waals surface area contributed by atoms with Crippen LogP contribution in [0.15, 0.2) is 24.3 Å². The lowest BCUT2D eigenvalue weighted by Gasteiger charge is -2.40. The van der Waals surface area contributed by atoms with E-state index >= 15 is 0 Å². The monoisotopic (exact) mass is 633 g/mol. The topological polar surface area (TPSA) is 71.1 Å². The lowest BCUT2D eigenvalue weighted by atomic mass is 10.4. The highest BCUT2D eigenvalue weighted by atomic mass is 79.9. The third-order valence-electron chi connectivity index (χ3n) is 4.24. The number of carbonyl (C=O) groups excluding carboxylic acids is 2. The number of hydrogen-bond donors (Lipinski definition) is 0. The Morgan fingerprint density at radius 2 is 1.03 bits per heavy atom. The van der Waals surface area contributed by atoms with Crippen molar-refractivity contribution < 1.29 is 48.8 Å². The molecule has 0 aromatic rings. The fourth-order valence-electron chi connectivity index (χ4n) is 2.95. The summed E-state index contributed by atoms with van der Waals surface area (Å²) in [5, 5.41) is 0. The summed E-state index contributed by atoms with van der Waals surface area (Å²) in [4.78, 5) is 23.7. The van der Waals surface area contributed by atoms with Gasteiger partial charge in [-0.3, -0.25) is 0 Å². The van der Waals surface area contributed by atoms with Crippen molar-refractivity contribution in [2.45, 2.75) is 88.8 Å². The van der Waals surface area contributed by atoms with Gasteiger partial charge in [-0.2, -0.15) is 0 Å². The quantitative estimate of drug-likeness (QED) is 0.126. The average Bonchev–Trinajstić information content (AvgIpc) is 2.54. The van der Waals surface area contributed by atoms with E-state index in [0.29, 0.717) is 11.1 Å². The van der Waals surface area contributed by atoms with Crippen LogP contribution >= 0.6 is 0 Å². The molecule has 0 bridgehead atoms. The van der Waals surface area contributed by atoms with Crippen LogP contribution in [0.1, 0.15) is 50.0 Å². The summed E-state index contributed by atoms with van der Waals surface area (Å²) in [5.74, 6) is -0.806. The predicted octanol–water partition coefficient (Wildman–Crippen LogP) is 3.46. The Kier molecular flexibility index (Phi) is 26.3. The van der Waals surface area contributed by atoms with E-state index in [2.05, 4.69) is 40.8 Å². The van der Waals surface area contributed by atoms with E-state index in [1.165, 1.54) is 0 Å². The Bertz CT molecular complexity index is 635. The van der Waals surface area contributed by atoms with Gasteiger partial charge in [0.25, 0.3) is 0 Å². The molecule has 0 N–H and O–H groups in total. The molecule has 220 valence electrons. The number of esters is 2. The zero-order valence-corrected chi connectivity index (χ0v) is 26.3. The van der Waals surface area contributed by atoms with Gasteiger partial charge in [0, 0.05) is 11.1 Å². The van der Waals surface area contributed by atoms with Crippen molar-refractivity contribution >= 4 is 37.1 Å². The molecule has 0 amide bonds. The third kappa shape index (κ3) is 22.6. The van der Waals surface area contributed by atoms with Crippen LogP contribution in [0.4, 0.5) is 0 Å². The molecule has 36 heavy (non-hydrogen) atoms. The average molecular weight is 635 g/mol.